The average Bonchev–Trinajstić information content (AvgIpc) is 2.71. The van der Waals surface area contributed by atoms with Gasteiger partial charge in [0.2, 0.25) is 0 Å². The smallest absolute Gasteiger partial charge is 0.156 e. The number of ether oxygens (including phenoxy) is 2. The van der Waals surface area contributed by atoms with Crippen LogP contribution in [0.5, 0.6) is 11.5 Å². The van der Waals surface area contributed by atoms with Crippen molar-refractivity contribution in [1.29, 1.82) is 0 Å². The first kappa shape index (κ1) is 24.1. The zero-order valence-electron chi connectivity index (χ0n) is 16.8. The van der Waals surface area contributed by atoms with Crippen molar-refractivity contribution in [2.75, 3.05) is 25.7 Å². The van der Waals surface area contributed by atoms with E-state index in [1.54, 1.807) is 12.1 Å². The zero-order chi connectivity index (χ0) is 21.6. The molecule has 2 aromatic carbocycles. The predicted octanol–water partition coefficient (Wildman–Crippen LogP) is 5.31. The van der Waals surface area contributed by atoms with E-state index in [1.807, 2.05) is 31.2 Å². The molecule has 2 N–H and O–H groups in total. The van der Waals surface area contributed by atoms with Gasteiger partial charge in [-0.3, -0.25) is 0 Å². The van der Waals surface area contributed by atoms with Crippen LogP contribution in [0.2, 0.25) is 10.0 Å². The lowest BCUT2D eigenvalue weighted by molar-refractivity contribution is 0.0536. The summed E-state index contributed by atoms with van der Waals surface area (Å²) >= 11 is 18.6. The molecule has 4 nitrogen and oxygen atoms in total. The first-order valence-electron chi connectivity index (χ1n) is 9.39. The van der Waals surface area contributed by atoms with Crippen molar-refractivity contribution in [3.8, 4) is 11.5 Å². The van der Waals surface area contributed by atoms with Crippen LogP contribution < -0.4 is 9.47 Å². The SMILES string of the molecule is C[C@@H](CCl)COc1ccc(C(C)(C)c2cc(Cl)c(OC[C@H](O)CO)c(Cl)c2)cc1. The number of benzene rings is 2. The van der Waals surface area contributed by atoms with Gasteiger partial charge in [0.05, 0.1) is 23.3 Å². The minimum Gasteiger partial charge on any atom is -0.493 e. The highest BCUT2D eigenvalue weighted by Crippen LogP contribution is 2.40. The molecular weight excluding hydrogens is 435 g/mol. The summed E-state index contributed by atoms with van der Waals surface area (Å²) in [6.07, 6.45) is -0.994. The van der Waals surface area contributed by atoms with E-state index in [4.69, 9.17) is 49.4 Å². The molecule has 0 saturated carbocycles. The largest absolute Gasteiger partial charge is 0.493 e. The Hall–Kier alpha value is -1.17. The predicted molar refractivity (Wildman–Crippen MR) is 119 cm³/mol. The van der Waals surface area contributed by atoms with E-state index in [0.29, 0.717) is 22.5 Å². The van der Waals surface area contributed by atoms with E-state index in [0.717, 1.165) is 16.9 Å². The summed E-state index contributed by atoms with van der Waals surface area (Å²) in [5.41, 5.74) is 1.64. The minimum absolute atomic E-state index is 0.0948. The Bertz CT molecular complexity index is 770. The Balaban J connectivity index is 2.19. The van der Waals surface area contributed by atoms with E-state index >= 15 is 0 Å². The highest BCUT2D eigenvalue weighted by atomic mass is 35.5. The molecular formula is C22H27Cl3O4. The van der Waals surface area contributed by atoms with Gasteiger partial charge in [0, 0.05) is 17.2 Å². The van der Waals surface area contributed by atoms with Crippen molar-refractivity contribution < 1.29 is 19.7 Å². The van der Waals surface area contributed by atoms with E-state index in [1.165, 1.54) is 0 Å². The summed E-state index contributed by atoms with van der Waals surface area (Å²) in [5, 5.41) is 19.1. The van der Waals surface area contributed by atoms with Gasteiger partial charge in [0.25, 0.3) is 0 Å². The highest BCUT2D eigenvalue weighted by molar-refractivity contribution is 6.37. The molecule has 0 spiro atoms. The third-order valence-corrected chi connectivity index (χ3v) is 5.81. The second-order valence-electron chi connectivity index (χ2n) is 7.64. The van der Waals surface area contributed by atoms with Gasteiger partial charge in [-0.1, -0.05) is 56.1 Å². The van der Waals surface area contributed by atoms with Crippen molar-refractivity contribution in [2.45, 2.75) is 32.3 Å². The Morgan fingerprint density at radius 1 is 0.966 bits per heavy atom. The Morgan fingerprint density at radius 3 is 2.07 bits per heavy atom. The van der Waals surface area contributed by atoms with Gasteiger partial charge < -0.3 is 19.7 Å². The van der Waals surface area contributed by atoms with Crippen LogP contribution in [-0.2, 0) is 5.41 Å². The second-order valence-corrected chi connectivity index (χ2v) is 8.76. The van der Waals surface area contributed by atoms with Gasteiger partial charge in [-0.15, -0.1) is 11.6 Å². The molecule has 0 saturated heterocycles. The fourth-order valence-corrected chi connectivity index (χ4v) is 3.39. The highest BCUT2D eigenvalue weighted by Gasteiger charge is 2.26. The molecule has 0 radical (unpaired) electrons. The van der Waals surface area contributed by atoms with Crippen molar-refractivity contribution >= 4 is 34.8 Å². The topological polar surface area (TPSA) is 58.9 Å². The van der Waals surface area contributed by atoms with Gasteiger partial charge in [-0.25, -0.2) is 0 Å². The quantitative estimate of drug-likeness (QED) is 0.471. The van der Waals surface area contributed by atoms with Crippen LogP contribution in [0.3, 0.4) is 0 Å². The van der Waals surface area contributed by atoms with Crippen LogP contribution in [0.4, 0.5) is 0 Å². The first-order valence-corrected chi connectivity index (χ1v) is 10.7. The molecule has 7 heteroatoms. The van der Waals surface area contributed by atoms with E-state index in [9.17, 15) is 5.11 Å². The van der Waals surface area contributed by atoms with Crippen LogP contribution in [0, 0.1) is 5.92 Å². The minimum atomic E-state index is -0.994. The van der Waals surface area contributed by atoms with Gasteiger partial charge >= 0.3 is 0 Å². The first-order chi connectivity index (χ1) is 13.7. The summed E-state index contributed by atoms with van der Waals surface area (Å²) in [7, 11) is 0. The van der Waals surface area contributed by atoms with Gasteiger partial charge in [-0.2, -0.15) is 0 Å². The molecule has 0 unspecified atom stereocenters. The van der Waals surface area contributed by atoms with Gasteiger partial charge in [0.15, 0.2) is 5.75 Å². The molecule has 29 heavy (non-hydrogen) atoms. The number of aliphatic hydroxyl groups excluding tert-OH is 2. The monoisotopic (exact) mass is 460 g/mol. The normalized spacial score (nSPS) is 13.8. The van der Waals surface area contributed by atoms with E-state index in [-0.39, 0.29) is 23.7 Å². The maximum absolute atomic E-state index is 9.46. The third-order valence-electron chi connectivity index (χ3n) is 4.72. The number of aliphatic hydroxyl groups is 2. The van der Waals surface area contributed by atoms with Crippen LogP contribution in [0.25, 0.3) is 0 Å². The van der Waals surface area contributed by atoms with E-state index in [2.05, 4.69) is 13.8 Å². The lowest BCUT2D eigenvalue weighted by atomic mass is 9.78. The van der Waals surface area contributed by atoms with Crippen molar-refractivity contribution in [2.24, 2.45) is 5.92 Å². The molecule has 2 atom stereocenters. The maximum atomic E-state index is 9.46. The van der Waals surface area contributed by atoms with Crippen molar-refractivity contribution in [3.63, 3.8) is 0 Å². The van der Waals surface area contributed by atoms with Crippen LogP contribution in [-0.4, -0.2) is 42.0 Å². The number of hydrogen-bond acceptors (Lipinski definition) is 4. The maximum Gasteiger partial charge on any atom is 0.156 e. The van der Waals surface area contributed by atoms with Crippen LogP contribution >= 0.6 is 34.8 Å². The van der Waals surface area contributed by atoms with Crippen LogP contribution in [0.15, 0.2) is 36.4 Å². The van der Waals surface area contributed by atoms with Gasteiger partial charge in [-0.05, 0) is 35.4 Å². The third kappa shape index (κ3) is 6.40. The molecule has 0 aliphatic rings. The summed E-state index contributed by atoms with van der Waals surface area (Å²) in [5.74, 6) is 1.93. The molecule has 0 aliphatic heterocycles. The summed E-state index contributed by atoms with van der Waals surface area (Å²) < 4.78 is 11.2. The Kier molecular flexibility index (Phi) is 8.92. The summed E-state index contributed by atoms with van der Waals surface area (Å²) in [6.45, 7) is 6.28. The van der Waals surface area contributed by atoms with Crippen molar-refractivity contribution in [1.82, 2.24) is 0 Å². The molecule has 0 aliphatic carbocycles. The molecule has 0 heterocycles. The molecule has 0 aromatic heterocycles. The zero-order valence-corrected chi connectivity index (χ0v) is 19.1. The lowest BCUT2D eigenvalue weighted by Crippen LogP contribution is -2.22. The fourth-order valence-electron chi connectivity index (χ4n) is 2.71. The number of halogens is 3. The average molecular weight is 462 g/mol. The number of rotatable bonds is 10. The molecule has 0 fully saturated rings. The fraction of sp³-hybridized carbons (Fsp3) is 0.455. The molecule has 2 rings (SSSR count). The Labute approximate surface area is 187 Å². The standard InChI is InChI=1S/C22H27Cl3O4/c1-14(10-23)12-28-18-6-4-15(5-7-18)22(2,3)16-8-19(24)21(20(25)9-16)29-13-17(27)11-26/h4-9,14,17,26-27H,10-13H2,1-3H3/t14-,17+/m0/s1. The number of alkyl halides is 1. The van der Waals surface area contributed by atoms with Crippen LogP contribution in [0.1, 0.15) is 31.9 Å². The Morgan fingerprint density at radius 2 is 1.55 bits per heavy atom. The molecule has 160 valence electrons. The number of hydrogen-bond donors (Lipinski definition) is 2. The second kappa shape index (κ2) is 10.7. The van der Waals surface area contributed by atoms with Crippen molar-refractivity contribution in [3.05, 3.63) is 57.6 Å². The molecule has 2 aromatic rings. The van der Waals surface area contributed by atoms with Gasteiger partial charge in [0.1, 0.15) is 18.5 Å². The lowest BCUT2D eigenvalue weighted by Gasteiger charge is -2.27. The molecule has 0 bridgehead atoms. The molecule has 0 amide bonds. The van der Waals surface area contributed by atoms with E-state index < -0.39 is 12.7 Å². The summed E-state index contributed by atoms with van der Waals surface area (Å²) in [6, 6.07) is 11.5. The summed E-state index contributed by atoms with van der Waals surface area (Å²) in [4.78, 5) is 0.